The van der Waals surface area contributed by atoms with Crippen molar-refractivity contribution in [3.05, 3.63) is 223 Å². The number of hydrogen-bond donors (Lipinski definition) is 3. The van der Waals surface area contributed by atoms with Gasteiger partial charge in [0.05, 0.1) is 11.4 Å². The van der Waals surface area contributed by atoms with Gasteiger partial charge in [-0.05, 0) is 114 Å². The number of aliphatic imine (C=N–C) groups is 1. The summed E-state index contributed by atoms with van der Waals surface area (Å²) >= 11 is 0. The normalized spacial score (nSPS) is 17.1. The Kier molecular flexibility index (Phi) is 9.01. The molecule has 12 rings (SSSR count). The van der Waals surface area contributed by atoms with Crippen LogP contribution in [0.4, 0.5) is 17.1 Å². The molecule has 0 aromatic heterocycles. The molecule has 9 aromatic carbocycles. The lowest BCUT2D eigenvalue weighted by Gasteiger charge is -2.32. The lowest BCUT2D eigenvalue weighted by Crippen LogP contribution is -2.44. The molecule has 3 unspecified atom stereocenters. The van der Waals surface area contributed by atoms with Crippen molar-refractivity contribution in [2.75, 3.05) is 10.2 Å². The van der Waals surface area contributed by atoms with Crippen LogP contribution in [-0.2, 0) is 0 Å². The van der Waals surface area contributed by atoms with Crippen LogP contribution < -0.4 is 20.9 Å². The van der Waals surface area contributed by atoms with Gasteiger partial charge in [0.2, 0.25) is 0 Å². The fourth-order valence-corrected chi connectivity index (χ4v) is 10.1. The summed E-state index contributed by atoms with van der Waals surface area (Å²) in [6, 6.07) is 74.9. The molecule has 63 heavy (non-hydrogen) atoms. The van der Waals surface area contributed by atoms with Gasteiger partial charge in [0.15, 0.2) is 0 Å². The van der Waals surface area contributed by atoms with E-state index in [4.69, 9.17) is 4.99 Å². The van der Waals surface area contributed by atoms with Crippen LogP contribution in [0.1, 0.15) is 42.4 Å². The quantitative estimate of drug-likeness (QED) is 0.143. The van der Waals surface area contributed by atoms with E-state index in [0.717, 1.165) is 34.5 Å². The van der Waals surface area contributed by atoms with E-state index in [1.807, 2.05) is 0 Å². The van der Waals surface area contributed by atoms with Crippen molar-refractivity contribution >= 4 is 33.7 Å². The maximum absolute atomic E-state index is 5.27. The Labute approximate surface area is 368 Å². The Morgan fingerprint density at radius 2 is 1.06 bits per heavy atom. The van der Waals surface area contributed by atoms with Crippen molar-refractivity contribution in [2.45, 2.75) is 31.8 Å². The van der Waals surface area contributed by atoms with Crippen LogP contribution in [0.2, 0.25) is 0 Å². The van der Waals surface area contributed by atoms with Crippen molar-refractivity contribution in [2.24, 2.45) is 4.99 Å². The first-order valence-corrected chi connectivity index (χ1v) is 22.1. The Morgan fingerprint density at radius 3 is 1.78 bits per heavy atom. The highest BCUT2D eigenvalue weighted by atomic mass is 15.3. The lowest BCUT2D eigenvalue weighted by molar-refractivity contribution is 0.409. The molecule has 2 aliphatic heterocycles. The van der Waals surface area contributed by atoms with E-state index in [0.29, 0.717) is 0 Å². The van der Waals surface area contributed by atoms with Crippen LogP contribution >= 0.6 is 0 Å². The Morgan fingerprint density at radius 1 is 0.476 bits per heavy atom. The number of nitrogens with zero attached hydrogens (tertiary/aromatic N) is 2. The highest BCUT2D eigenvalue weighted by molar-refractivity contribution is 6.22. The van der Waals surface area contributed by atoms with Crippen molar-refractivity contribution in [3.8, 4) is 55.6 Å². The van der Waals surface area contributed by atoms with Gasteiger partial charge in [0.25, 0.3) is 0 Å². The number of benzene rings is 9. The fraction of sp³-hybridized carbons (Fsp3) is 0.0862. The maximum Gasteiger partial charge on any atom is 0.131 e. The molecule has 9 aromatic rings. The minimum absolute atomic E-state index is 0.108. The zero-order chi connectivity index (χ0) is 41.9. The standard InChI is InChI=1S/C58H45N5/c1-2-51-59-49-26-12-13-27-50(49)63(51)44-34-32-38(33-35-44)47-36-48(37-16-6-3-7-17-37)54-45-24-14-22-39-23-15-25-46(52(39)45)55(54)53(47)40-28-30-43(31-29-40)58-61-56(41-18-8-4-9-19-41)60-57(62-58)42-20-10-5-11-21-42/h3-36,51,56-57,59-60H,2H2,1H3,(H,61,62). The van der Waals surface area contributed by atoms with Crippen LogP contribution in [0.3, 0.4) is 0 Å². The highest BCUT2D eigenvalue weighted by Gasteiger charge is 2.32. The van der Waals surface area contributed by atoms with Crippen LogP contribution in [0.15, 0.2) is 211 Å². The number of fused-ring (bicyclic) bond motifs is 4. The van der Waals surface area contributed by atoms with Crippen LogP contribution in [0, 0.1) is 0 Å². The fourth-order valence-electron chi connectivity index (χ4n) is 10.1. The largest absolute Gasteiger partial charge is 0.363 e. The van der Waals surface area contributed by atoms with Gasteiger partial charge in [-0.15, -0.1) is 0 Å². The predicted octanol–water partition coefficient (Wildman–Crippen LogP) is 14.1. The maximum atomic E-state index is 5.27. The molecule has 0 fully saturated rings. The smallest absolute Gasteiger partial charge is 0.131 e. The minimum atomic E-state index is -0.202. The first kappa shape index (κ1) is 37.1. The molecular weight excluding hydrogens is 767 g/mol. The van der Waals surface area contributed by atoms with Crippen LogP contribution in [-0.4, -0.2) is 12.0 Å². The Hall–Kier alpha value is -7.73. The number of para-hydroxylation sites is 2. The zero-order valence-corrected chi connectivity index (χ0v) is 35.0. The molecule has 0 bridgehead atoms. The summed E-state index contributed by atoms with van der Waals surface area (Å²) in [6.45, 7) is 2.24. The Bertz CT molecular complexity index is 3170. The number of hydrogen-bond acceptors (Lipinski definition) is 5. The minimum Gasteiger partial charge on any atom is -0.363 e. The number of amidine groups is 1. The van der Waals surface area contributed by atoms with Gasteiger partial charge in [-0.2, -0.15) is 0 Å². The zero-order valence-electron chi connectivity index (χ0n) is 35.0. The van der Waals surface area contributed by atoms with E-state index in [1.54, 1.807) is 0 Å². The second kappa shape index (κ2) is 15.3. The van der Waals surface area contributed by atoms with Crippen LogP contribution in [0.25, 0.3) is 66.4 Å². The SMILES string of the molecule is CCC1Nc2ccccc2N1c1ccc(-c2cc(-c3ccccc3)c3c(c2-c2ccc(C4=NC(c5ccccc5)NC(c5ccccc5)N4)cc2)-c2cccc4cccc-3c24)cc1. The van der Waals surface area contributed by atoms with Gasteiger partial charge in [0, 0.05) is 11.3 Å². The molecule has 0 saturated carbocycles. The molecule has 5 nitrogen and oxygen atoms in total. The molecule has 0 amide bonds. The molecule has 0 radical (unpaired) electrons. The van der Waals surface area contributed by atoms with Gasteiger partial charge in [-0.3, -0.25) is 5.32 Å². The molecule has 3 N–H and O–H groups in total. The Balaban J connectivity index is 1.04. The van der Waals surface area contributed by atoms with E-state index in [-0.39, 0.29) is 18.5 Å². The van der Waals surface area contributed by atoms with Gasteiger partial charge in [-0.25, -0.2) is 4.99 Å². The van der Waals surface area contributed by atoms with Gasteiger partial charge in [-0.1, -0.05) is 183 Å². The summed E-state index contributed by atoms with van der Waals surface area (Å²) in [7, 11) is 0. The van der Waals surface area contributed by atoms with Crippen molar-refractivity contribution in [1.29, 1.82) is 0 Å². The summed E-state index contributed by atoms with van der Waals surface area (Å²) in [5, 5.41) is 13.8. The summed E-state index contributed by atoms with van der Waals surface area (Å²) < 4.78 is 0. The molecule has 302 valence electrons. The summed E-state index contributed by atoms with van der Waals surface area (Å²) in [5.74, 6) is 0.865. The molecule has 0 spiro atoms. The second-order valence-corrected chi connectivity index (χ2v) is 16.7. The first-order chi connectivity index (χ1) is 31.2. The number of rotatable bonds is 8. The van der Waals surface area contributed by atoms with Crippen molar-refractivity contribution in [3.63, 3.8) is 0 Å². The highest BCUT2D eigenvalue weighted by Crippen LogP contribution is 2.57. The molecule has 1 aliphatic carbocycles. The molecule has 3 aliphatic rings. The average Bonchev–Trinajstić information content (AvgIpc) is 3.91. The van der Waals surface area contributed by atoms with E-state index < -0.39 is 0 Å². The van der Waals surface area contributed by atoms with Gasteiger partial charge < -0.3 is 15.5 Å². The van der Waals surface area contributed by atoms with Crippen LogP contribution in [0.5, 0.6) is 0 Å². The summed E-state index contributed by atoms with van der Waals surface area (Å²) in [4.78, 5) is 7.71. The third-order valence-corrected chi connectivity index (χ3v) is 13.1. The molecule has 3 atom stereocenters. The first-order valence-electron chi connectivity index (χ1n) is 22.1. The molecule has 5 heteroatoms. The van der Waals surface area contributed by atoms with Crippen molar-refractivity contribution in [1.82, 2.24) is 10.6 Å². The number of nitrogens with one attached hydrogen (secondary N) is 3. The monoisotopic (exact) mass is 811 g/mol. The van der Waals surface area contributed by atoms with E-state index in [2.05, 4.69) is 234 Å². The lowest BCUT2D eigenvalue weighted by atomic mass is 9.82. The van der Waals surface area contributed by atoms with E-state index >= 15 is 0 Å². The molecular formula is C58H45N5. The van der Waals surface area contributed by atoms with Gasteiger partial charge >= 0.3 is 0 Å². The van der Waals surface area contributed by atoms with Crippen molar-refractivity contribution < 1.29 is 0 Å². The van der Waals surface area contributed by atoms with E-state index in [1.165, 1.54) is 77.9 Å². The summed E-state index contributed by atoms with van der Waals surface area (Å²) in [6.07, 6.45) is 0.859. The summed E-state index contributed by atoms with van der Waals surface area (Å²) in [5.41, 5.74) is 19.3. The third-order valence-electron chi connectivity index (χ3n) is 13.1. The molecule has 0 saturated heterocycles. The second-order valence-electron chi connectivity index (χ2n) is 16.7. The van der Waals surface area contributed by atoms with E-state index in [9.17, 15) is 0 Å². The van der Waals surface area contributed by atoms with Gasteiger partial charge in [0.1, 0.15) is 24.3 Å². The molecule has 2 heterocycles. The average molecular weight is 812 g/mol. The third kappa shape index (κ3) is 6.31. The number of anilines is 3. The topological polar surface area (TPSA) is 51.7 Å². The predicted molar refractivity (Wildman–Crippen MR) is 262 cm³/mol.